The molecule has 0 spiro atoms. The van der Waals surface area contributed by atoms with Gasteiger partial charge in [0.1, 0.15) is 5.82 Å². The lowest BCUT2D eigenvalue weighted by Gasteiger charge is -2.23. The first-order chi connectivity index (χ1) is 11.3. The molecule has 7 heteroatoms. The Kier molecular flexibility index (Phi) is 3.87. The quantitative estimate of drug-likeness (QED) is 0.735. The van der Waals surface area contributed by atoms with Crippen molar-refractivity contribution < 1.29 is 4.52 Å². The van der Waals surface area contributed by atoms with Crippen molar-refractivity contribution in [1.29, 1.82) is 0 Å². The van der Waals surface area contributed by atoms with Crippen LogP contribution in [0.15, 0.2) is 22.0 Å². The molecule has 3 aromatic rings. The summed E-state index contributed by atoms with van der Waals surface area (Å²) in [6, 6.07) is 4.35. The summed E-state index contributed by atoms with van der Waals surface area (Å²) in [6.07, 6.45) is 6.34. The molecule has 0 saturated heterocycles. The van der Waals surface area contributed by atoms with Crippen molar-refractivity contribution in [2.75, 3.05) is 10.6 Å². The van der Waals surface area contributed by atoms with E-state index in [4.69, 9.17) is 4.52 Å². The van der Waals surface area contributed by atoms with Crippen LogP contribution in [0.4, 0.5) is 17.7 Å². The first-order valence-electron chi connectivity index (χ1n) is 8.00. The lowest BCUT2D eigenvalue weighted by molar-refractivity contribution is 0.429. The van der Waals surface area contributed by atoms with E-state index in [-0.39, 0.29) is 0 Å². The van der Waals surface area contributed by atoms with E-state index in [9.17, 15) is 0 Å². The normalized spacial score (nSPS) is 15.9. The number of hydrogen-bond donors (Lipinski definition) is 2. The molecule has 3 heterocycles. The largest absolute Gasteiger partial charge is 0.366 e. The van der Waals surface area contributed by atoms with Crippen LogP contribution in [0.1, 0.15) is 37.8 Å². The van der Waals surface area contributed by atoms with E-state index in [1.54, 1.807) is 11.3 Å². The molecule has 1 aliphatic rings. The van der Waals surface area contributed by atoms with Crippen LogP contribution in [0.2, 0.25) is 0 Å². The van der Waals surface area contributed by atoms with Crippen LogP contribution >= 0.6 is 11.3 Å². The van der Waals surface area contributed by atoms with Gasteiger partial charge in [0.05, 0.1) is 15.9 Å². The summed E-state index contributed by atoms with van der Waals surface area (Å²) in [7, 11) is 0. The maximum Gasteiger partial charge on any atom is 0.232 e. The summed E-state index contributed by atoms with van der Waals surface area (Å²) in [5.74, 6) is 2.00. The molecule has 0 radical (unpaired) electrons. The van der Waals surface area contributed by atoms with E-state index >= 15 is 0 Å². The second kappa shape index (κ2) is 6.16. The maximum absolute atomic E-state index is 5.19. The van der Waals surface area contributed by atoms with Crippen molar-refractivity contribution in [2.24, 2.45) is 0 Å². The zero-order chi connectivity index (χ0) is 15.6. The van der Waals surface area contributed by atoms with Crippen LogP contribution < -0.4 is 10.6 Å². The molecule has 0 bridgehead atoms. The number of nitrogens with one attached hydrogen (secondary N) is 2. The fourth-order valence-electron chi connectivity index (χ4n) is 2.99. The Morgan fingerprint density at radius 2 is 2.09 bits per heavy atom. The van der Waals surface area contributed by atoms with Gasteiger partial charge >= 0.3 is 0 Å². The van der Waals surface area contributed by atoms with Crippen molar-refractivity contribution in [3.8, 4) is 0 Å². The van der Waals surface area contributed by atoms with Crippen LogP contribution in [-0.2, 0) is 0 Å². The Hall–Kier alpha value is -2.15. The molecule has 2 N–H and O–H groups in total. The molecule has 0 amide bonds. The highest BCUT2D eigenvalue weighted by atomic mass is 32.1. The van der Waals surface area contributed by atoms with Crippen LogP contribution in [-0.4, -0.2) is 21.2 Å². The highest BCUT2D eigenvalue weighted by Crippen LogP contribution is 2.30. The number of aromatic nitrogens is 3. The summed E-state index contributed by atoms with van der Waals surface area (Å²) < 4.78 is 6.30. The van der Waals surface area contributed by atoms with Gasteiger partial charge < -0.3 is 9.84 Å². The molecular weight excluding hydrogens is 310 g/mol. The average Bonchev–Trinajstić information content (AvgIpc) is 3.17. The molecular formula is C16H19N5OS. The van der Waals surface area contributed by atoms with Crippen molar-refractivity contribution in [2.45, 2.75) is 45.1 Å². The summed E-state index contributed by atoms with van der Waals surface area (Å²) in [6.45, 7) is 1.88. The molecule has 0 unspecified atom stereocenters. The summed E-state index contributed by atoms with van der Waals surface area (Å²) >= 11 is 1.67. The average molecular weight is 329 g/mol. The Morgan fingerprint density at radius 3 is 2.87 bits per heavy atom. The molecule has 0 atom stereocenters. The third-order valence-corrected chi connectivity index (χ3v) is 5.02. The molecule has 1 saturated carbocycles. The van der Waals surface area contributed by atoms with Gasteiger partial charge in [-0.3, -0.25) is 5.32 Å². The Morgan fingerprint density at radius 1 is 1.22 bits per heavy atom. The highest BCUT2D eigenvalue weighted by molar-refractivity contribution is 7.17. The van der Waals surface area contributed by atoms with Crippen LogP contribution in [0.5, 0.6) is 0 Å². The molecule has 1 fully saturated rings. The Bertz CT molecular complexity index is 806. The van der Waals surface area contributed by atoms with E-state index in [0.29, 0.717) is 17.9 Å². The number of thiophene rings is 1. The predicted octanol–water partition coefficient (Wildman–Crippen LogP) is 4.48. The van der Waals surface area contributed by atoms with Crippen molar-refractivity contribution >= 4 is 39.2 Å². The highest BCUT2D eigenvalue weighted by Gasteiger charge is 2.17. The molecule has 1 aliphatic carbocycles. The van der Waals surface area contributed by atoms with Crippen molar-refractivity contribution in [3.63, 3.8) is 0 Å². The third kappa shape index (κ3) is 3.14. The molecule has 120 valence electrons. The van der Waals surface area contributed by atoms with Gasteiger partial charge in [0, 0.05) is 12.1 Å². The number of hydrogen-bond acceptors (Lipinski definition) is 7. The maximum atomic E-state index is 5.19. The predicted molar refractivity (Wildman–Crippen MR) is 92.4 cm³/mol. The fourth-order valence-corrected chi connectivity index (χ4v) is 3.77. The second-order valence-corrected chi connectivity index (χ2v) is 6.88. The minimum Gasteiger partial charge on any atom is -0.366 e. The van der Waals surface area contributed by atoms with Crippen molar-refractivity contribution in [3.05, 3.63) is 23.2 Å². The standard InChI is InChI=1S/C16H19N5OS/c1-10-9-13(22-21-10)19-16-18-12-7-8-23-14(12)15(20-16)17-11-5-3-2-4-6-11/h7-9,11H,2-6H2,1H3,(H2,17,18,19,20). The van der Waals surface area contributed by atoms with E-state index in [1.165, 1.54) is 32.1 Å². The summed E-state index contributed by atoms with van der Waals surface area (Å²) in [5, 5.41) is 12.6. The van der Waals surface area contributed by atoms with Gasteiger partial charge in [-0.15, -0.1) is 11.3 Å². The first kappa shape index (κ1) is 14.4. The number of nitrogens with zero attached hydrogens (tertiary/aromatic N) is 3. The van der Waals surface area contributed by atoms with E-state index in [1.807, 2.05) is 24.4 Å². The van der Waals surface area contributed by atoms with Gasteiger partial charge in [-0.05, 0) is 31.2 Å². The van der Waals surface area contributed by atoms with Gasteiger partial charge in [-0.2, -0.15) is 4.98 Å². The molecule has 4 rings (SSSR count). The van der Waals surface area contributed by atoms with E-state index in [0.717, 1.165) is 21.7 Å². The van der Waals surface area contributed by atoms with Crippen LogP contribution in [0.3, 0.4) is 0 Å². The van der Waals surface area contributed by atoms with E-state index < -0.39 is 0 Å². The molecule has 6 nitrogen and oxygen atoms in total. The molecule has 3 aromatic heterocycles. The Balaban J connectivity index is 1.63. The third-order valence-electron chi connectivity index (χ3n) is 4.11. The van der Waals surface area contributed by atoms with E-state index in [2.05, 4.69) is 25.8 Å². The second-order valence-electron chi connectivity index (χ2n) is 5.97. The Labute approximate surface area is 138 Å². The van der Waals surface area contributed by atoms with Gasteiger partial charge in [0.2, 0.25) is 11.8 Å². The summed E-state index contributed by atoms with van der Waals surface area (Å²) in [5.41, 5.74) is 1.77. The zero-order valence-electron chi connectivity index (χ0n) is 13.0. The monoisotopic (exact) mass is 329 g/mol. The SMILES string of the molecule is Cc1cc(Nc2nc(NC3CCCCC3)c3sccc3n2)on1. The topological polar surface area (TPSA) is 75.9 Å². The van der Waals surface area contributed by atoms with Crippen LogP contribution in [0, 0.1) is 6.92 Å². The lowest BCUT2D eigenvalue weighted by Crippen LogP contribution is -2.23. The molecule has 0 aliphatic heterocycles. The van der Waals surface area contributed by atoms with Crippen LogP contribution in [0.25, 0.3) is 10.2 Å². The lowest BCUT2D eigenvalue weighted by atomic mass is 9.95. The van der Waals surface area contributed by atoms with Gasteiger partial charge in [-0.1, -0.05) is 24.4 Å². The number of rotatable bonds is 4. The van der Waals surface area contributed by atoms with Gasteiger partial charge in [-0.25, -0.2) is 4.98 Å². The molecule has 23 heavy (non-hydrogen) atoms. The smallest absolute Gasteiger partial charge is 0.232 e. The van der Waals surface area contributed by atoms with Gasteiger partial charge in [0.25, 0.3) is 0 Å². The number of anilines is 3. The summed E-state index contributed by atoms with van der Waals surface area (Å²) in [4.78, 5) is 9.21. The van der Waals surface area contributed by atoms with Crippen molar-refractivity contribution in [1.82, 2.24) is 15.1 Å². The first-order valence-corrected chi connectivity index (χ1v) is 8.88. The minimum atomic E-state index is 0.504. The number of aryl methyl sites for hydroxylation is 1. The molecule has 0 aromatic carbocycles. The zero-order valence-corrected chi connectivity index (χ0v) is 13.8. The fraction of sp³-hybridized carbons (Fsp3) is 0.438. The van der Waals surface area contributed by atoms with Gasteiger partial charge in [0.15, 0.2) is 0 Å². The minimum absolute atomic E-state index is 0.504. The number of fused-ring (bicyclic) bond motifs is 1.